The molecule has 1 aliphatic rings. The Morgan fingerprint density at radius 2 is 1.90 bits per heavy atom. The number of para-hydroxylation sites is 2. The van der Waals surface area contributed by atoms with Gasteiger partial charge in [-0.15, -0.1) is 0 Å². The first-order valence-corrected chi connectivity index (χ1v) is 8.96. The van der Waals surface area contributed by atoms with E-state index in [4.69, 9.17) is 4.74 Å². The van der Waals surface area contributed by atoms with Crippen LogP contribution in [0.3, 0.4) is 0 Å². The summed E-state index contributed by atoms with van der Waals surface area (Å²) < 4.78 is 5.54. The SMILES string of the molecule is CCOc1ccccc1NC(=O)C1=C(C)NC(=O)NC1c1ccc([N+](=O)[O-])cc1. The topological polar surface area (TPSA) is 123 Å². The number of hydrogen-bond acceptors (Lipinski definition) is 5. The molecule has 3 amide bonds. The number of nitrogens with zero attached hydrogens (tertiary/aromatic N) is 1. The number of amides is 3. The molecule has 0 radical (unpaired) electrons. The Kier molecular flexibility index (Phi) is 5.77. The second-order valence-electron chi connectivity index (χ2n) is 6.30. The van der Waals surface area contributed by atoms with Crippen molar-refractivity contribution in [2.45, 2.75) is 19.9 Å². The molecular weight excluding hydrogens is 376 g/mol. The Hall–Kier alpha value is -3.88. The lowest BCUT2D eigenvalue weighted by Crippen LogP contribution is -2.46. The number of benzene rings is 2. The number of nitrogens with one attached hydrogen (secondary N) is 3. The number of urea groups is 1. The molecule has 0 bridgehead atoms. The summed E-state index contributed by atoms with van der Waals surface area (Å²) in [5, 5.41) is 19.0. The molecule has 0 saturated heterocycles. The van der Waals surface area contributed by atoms with Crippen LogP contribution in [0.5, 0.6) is 5.75 Å². The van der Waals surface area contributed by atoms with Gasteiger partial charge in [0.1, 0.15) is 5.75 Å². The molecule has 3 N–H and O–H groups in total. The maximum atomic E-state index is 13.1. The Morgan fingerprint density at radius 3 is 2.55 bits per heavy atom. The highest BCUT2D eigenvalue weighted by Crippen LogP contribution is 2.30. The number of hydrogen-bond donors (Lipinski definition) is 3. The molecule has 1 atom stereocenters. The van der Waals surface area contributed by atoms with E-state index in [9.17, 15) is 19.7 Å². The fourth-order valence-electron chi connectivity index (χ4n) is 3.07. The third-order valence-corrected chi connectivity index (χ3v) is 4.39. The van der Waals surface area contributed by atoms with E-state index in [2.05, 4.69) is 16.0 Å². The third-order valence-electron chi connectivity index (χ3n) is 4.39. The zero-order valence-electron chi connectivity index (χ0n) is 15.9. The first-order chi connectivity index (χ1) is 13.9. The summed E-state index contributed by atoms with van der Waals surface area (Å²) in [6, 6.07) is 11.5. The van der Waals surface area contributed by atoms with Crippen molar-refractivity contribution in [2.24, 2.45) is 0 Å². The van der Waals surface area contributed by atoms with E-state index >= 15 is 0 Å². The van der Waals surface area contributed by atoms with Gasteiger partial charge in [0, 0.05) is 17.8 Å². The molecule has 1 heterocycles. The van der Waals surface area contributed by atoms with Crippen LogP contribution < -0.4 is 20.7 Å². The molecule has 0 spiro atoms. The first kappa shape index (κ1) is 19.9. The summed E-state index contributed by atoms with van der Waals surface area (Å²) >= 11 is 0. The van der Waals surface area contributed by atoms with E-state index in [0.717, 1.165) is 0 Å². The fourth-order valence-corrected chi connectivity index (χ4v) is 3.07. The maximum Gasteiger partial charge on any atom is 0.319 e. The van der Waals surface area contributed by atoms with Gasteiger partial charge in [-0.05, 0) is 43.7 Å². The van der Waals surface area contributed by atoms with Crippen molar-refractivity contribution in [3.05, 3.63) is 75.5 Å². The quantitative estimate of drug-likeness (QED) is 0.511. The van der Waals surface area contributed by atoms with E-state index in [0.29, 0.717) is 34.9 Å². The smallest absolute Gasteiger partial charge is 0.319 e. The third kappa shape index (κ3) is 4.34. The fraction of sp³-hybridized carbons (Fsp3) is 0.200. The van der Waals surface area contributed by atoms with Gasteiger partial charge < -0.3 is 20.7 Å². The van der Waals surface area contributed by atoms with Crippen molar-refractivity contribution in [1.82, 2.24) is 10.6 Å². The zero-order valence-corrected chi connectivity index (χ0v) is 15.9. The second kappa shape index (κ2) is 8.42. The normalized spacial score (nSPS) is 15.9. The average molecular weight is 396 g/mol. The number of nitro benzene ring substituents is 1. The van der Waals surface area contributed by atoms with Crippen LogP contribution in [-0.2, 0) is 4.79 Å². The predicted molar refractivity (Wildman–Crippen MR) is 106 cm³/mol. The minimum absolute atomic E-state index is 0.0774. The van der Waals surface area contributed by atoms with E-state index < -0.39 is 22.9 Å². The highest BCUT2D eigenvalue weighted by molar-refractivity contribution is 6.07. The molecular formula is C20H20N4O5. The summed E-state index contributed by atoms with van der Waals surface area (Å²) in [5.74, 6) is 0.104. The number of rotatable bonds is 6. The van der Waals surface area contributed by atoms with Gasteiger partial charge in [0.2, 0.25) is 0 Å². The lowest BCUT2D eigenvalue weighted by Gasteiger charge is -2.28. The van der Waals surface area contributed by atoms with Gasteiger partial charge in [0.05, 0.1) is 28.8 Å². The Labute approximate surface area is 166 Å². The van der Waals surface area contributed by atoms with Crippen LogP contribution in [0.2, 0.25) is 0 Å². The molecule has 150 valence electrons. The van der Waals surface area contributed by atoms with Crippen molar-refractivity contribution >= 4 is 23.3 Å². The van der Waals surface area contributed by atoms with Gasteiger partial charge in [-0.2, -0.15) is 0 Å². The number of carbonyl (C=O) groups excluding carboxylic acids is 2. The van der Waals surface area contributed by atoms with Crippen LogP contribution in [0.4, 0.5) is 16.2 Å². The summed E-state index contributed by atoms with van der Waals surface area (Å²) in [7, 11) is 0. The number of non-ortho nitro benzene ring substituents is 1. The minimum Gasteiger partial charge on any atom is -0.492 e. The van der Waals surface area contributed by atoms with Crippen molar-refractivity contribution in [2.75, 3.05) is 11.9 Å². The van der Waals surface area contributed by atoms with Crippen LogP contribution in [0.1, 0.15) is 25.5 Å². The number of ether oxygens (including phenoxy) is 1. The van der Waals surface area contributed by atoms with Crippen LogP contribution >= 0.6 is 0 Å². The largest absolute Gasteiger partial charge is 0.492 e. The van der Waals surface area contributed by atoms with Crippen molar-refractivity contribution in [1.29, 1.82) is 0 Å². The van der Waals surface area contributed by atoms with Crippen LogP contribution in [0.25, 0.3) is 0 Å². The molecule has 0 aliphatic carbocycles. The van der Waals surface area contributed by atoms with E-state index in [1.54, 1.807) is 31.2 Å². The predicted octanol–water partition coefficient (Wildman–Crippen LogP) is 3.26. The van der Waals surface area contributed by atoms with E-state index in [1.165, 1.54) is 24.3 Å². The second-order valence-corrected chi connectivity index (χ2v) is 6.30. The number of anilines is 1. The highest BCUT2D eigenvalue weighted by Gasteiger charge is 2.31. The molecule has 0 aromatic heterocycles. The lowest BCUT2D eigenvalue weighted by molar-refractivity contribution is -0.384. The first-order valence-electron chi connectivity index (χ1n) is 8.96. The molecule has 3 rings (SSSR count). The van der Waals surface area contributed by atoms with Gasteiger partial charge in [-0.25, -0.2) is 4.79 Å². The molecule has 9 heteroatoms. The standard InChI is InChI=1S/C20H20N4O5/c1-3-29-16-7-5-4-6-15(16)22-19(25)17-12(2)21-20(26)23-18(17)13-8-10-14(11-9-13)24(27)28/h4-11,18H,3H2,1-2H3,(H,22,25)(H2,21,23,26). The number of nitro groups is 1. The van der Waals surface area contributed by atoms with Crippen LogP contribution in [0, 0.1) is 10.1 Å². The maximum absolute atomic E-state index is 13.1. The molecule has 0 fully saturated rings. The Morgan fingerprint density at radius 1 is 1.21 bits per heavy atom. The minimum atomic E-state index is -0.760. The van der Waals surface area contributed by atoms with E-state index in [1.807, 2.05) is 6.92 Å². The van der Waals surface area contributed by atoms with Gasteiger partial charge in [-0.3, -0.25) is 14.9 Å². The summed E-state index contributed by atoms with van der Waals surface area (Å²) in [6.45, 7) is 3.91. The van der Waals surface area contributed by atoms with E-state index in [-0.39, 0.29) is 5.69 Å². The average Bonchev–Trinajstić information content (AvgIpc) is 2.69. The van der Waals surface area contributed by atoms with Gasteiger partial charge in [-0.1, -0.05) is 12.1 Å². The number of carbonyl (C=O) groups is 2. The molecule has 2 aromatic rings. The highest BCUT2D eigenvalue weighted by atomic mass is 16.6. The molecule has 1 unspecified atom stereocenters. The Balaban J connectivity index is 1.93. The van der Waals surface area contributed by atoms with Crippen LogP contribution in [0.15, 0.2) is 59.8 Å². The summed E-state index contributed by atoms with van der Waals surface area (Å²) in [5.41, 5.74) is 1.66. The molecule has 29 heavy (non-hydrogen) atoms. The summed E-state index contributed by atoms with van der Waals surface area (Å²) in [6.07, 6.45) is 0. The van der Waals surface area contributed by atoms with Gasteiger partial charge >= 0.3 is 6.03 Å². The molecule has 0 saturated carbocycles. The van der Waals surface area contributed by atoms with Gasteiger partial charge in [0.25, 0.3) is 11.6 Å². The molecule has 1 aliphatic heterocycles. The van der Waals surface area contributed by atoms with Crippen molar-refractivity contribution in [3.8, 4) is 5.75 Å². The Bertz CT molecular complexity index is 985. The van der Waals surface area contributed by atoms with Crippen molar-refractivity contribution < 1.29 is 19.2 Å². The molecule has 2 aromatic carbocycles. The number of allylic oxidation sites excluding steroid dienone is 1. The monoisotopic (exact) mass is 396 g/mol. The summed E-state index contributed by atoms with van der Waals surface area (Å²) in [4.78, 5) is 35.4. The zero-order chi connectivity index (χ0) is 21.0. The molecule has 9 nitrogen and oxygen atoms in total. The lowest BCUT2D eigenvalue weighted by atomic mass is 9.94. The van der Waals surface area contributed by atoms with Gasteiger partial charge in [0.15, 0.2) is 0 Å². The van der Waals surface area contributed by atoms with Crippen LogP contribution in [-0.4, -0.2) is 23.5 Å². The van der Waals surface area contributed by atoms with Crippen molar-refractivity contribution in [3.63, 3.8) is 0 Å².